The van der Waals surface area contributed by atoms with E-state index in [-0.39, 0.29) is 32.8 Å². The highest BCUT2D eigenvalue weighted by Gasteiger charge is 2.39. The van der Waals surface area contributed by atoms with Crippen LogP contribution in [0.25, 0.3) is 0 Å². The fourth-order valence-corrected chi connectivity index (χ4v) is 6.90. The van der Waals surface area contributed by atoms with Gasteiger partial charge in [0.05, 0.1) is 0 Å². The van der Waals surface area contributed by atoms with Crippen molar-refractivity contribution < 1.29 is 16.8 Å². The van der Waals surface area contributed by atoms with Crippen LogP contribution in [0.5, 0.6) is 0 Å². The Morgan fingerprint density at radius 3 is 2.57 bits per heavy atom. The Balaban J connectivity index is 0.00000264. The molecule has 1 aromatic heterocycles. The van der Waals surface area contributed by atoms with E-state index in [4.69, 9.17) is 5.14 Å². The Hall–Kier alpha value is -0.230. The molecule has 0 spiro atoms. The molecule has 7 nitrogen and oxygen atoms in total. The number of nitrogens with one attached hydrogen (secondary N) is 1. The molecule has 3 N–H and O–H groups in total. The molecule has 1 aromatic rings. The fourth-order valence-electron chi connectivity index (χ4n) is 2.47. The van der Waals surface area contributed by atoms with Crippen molar-refractivity contribution in [1.82, 2.24) is 9.62 Å². The van der Waals surface area contributed by atoms with E-state index in [1.165, 1.54) is 10.4 Å². The number of sulfonamides is 2. The van der Waals surface area contributed by atoms with Crippen LogP contribution in [0.4, 0.5) is 0 Å². The highest BCUT2D eigenvalue weighted by Crippen LogP contribution is 2.40. The summed E-state index contributed by atoms with van der Waals surface area (Å²) in [5.41, 5.74) is 0.496. The minimum atomic E-state index is -3.92. The van der Waals surface area contributed by atoms with Crippen molar-refractivity contribution in [2.75, 3.05) is 19.6 Å². The van der Waals surface area contributed by atoms with Crippen LogP contribution in [0.2, 0.25) is 0 Å². The first-order valence-electron chi connectivity index (χ1n) is 6.97. The van der Waals surface area contributed by atoms with E-state index in [0.717, 1.165) is 11.3 Å². The quantitative estimate of drug-likeness (QED) is 0.765. The number of halogens is 1. The molecule has 1 aliphatic rings. The van der Waals surface area contributed by atoms with Gasteiger partial charge in [0.2, 0.25) is 10.0 Å². The third-order valence-electron chi connectivity index (χ3n) is 3.34. The zero-order chi connectivity index (χ0) is 16.7. The van der Waals surface area contributed by atoms with Crippen molar-refractivity contribution in [3.63, 3.8) is 0 Å². The molecule has 2 heterocycles. The number of hydrogen-bond acceptors (Lipinski definition) is 6. The summed E-state index contributed by atoms with van der Waals surface area (Å²) in [4.78, 5) is 0. The minimum Gasteiger partial charge on any atom is -0.309 e. The predicted octanol–water partition coefficient (Wildman–Crippen LogP) is 1.13. The van der Waals surface area contributed by atoms with E-state index in [9.17, 15) is 16.8 Å². The van der Waals surface area contributed by atoms with E-state index in [0.29, 0.717) is 25.2 Å². The van der Waals surface area contributed by atoms with Gasteiger partial charge >= 0.3 is 0 Å². The monoisotopic (exact) mass is 403 g/mol. The highest BCUT2D eigenvalue weighted by molar-refractivity contribution is 7.94. The van der Waals surface area contributed by atoms with Crippen LogP contribution >= 0.6 is 23.7 Å². The van der Waals surface area contributed by atoms with Crippen LogP contribution in [-0.4, -0.2) is 40.8 Å². The van der Waals surface area contributed by atoms with E-state index in [1.54, 1.807) is 0 Å². The molecule has 11 heteroatoms. The molecule has 0 saturated carbocycles. The average Bonchev–Trinajstić information content (AvgIpc) is 2.81. The van der Waals surface area contributed by atoms with Gasteiger partial charge in [0, 0.05) is 24.7 Å². The van der Waals surface area contributed by atoms with Gasteiger partial charge in [0.1, 0.15) is 8.42 Å². The van der Waals surface area contributed by atoms with Gasteiger partial charge in [-0.05, 0) is 18.5 Å². The van der Waals surface area contributed by atoms with Crippen LogP contribution < -0.4 is 10.5 Å². The van der Waals surface area contributed by atoms with Gasteiger partial charge in [-0.25, -0.2) is 22.0 Å². The number of primary sulfonamides is 1. The first-order chi connectivity index (χ1) is 10.1. The fraction of sp³-hybridized carbons (Fsp3) is 0.667. The Morgan fingerprint density at radius 2 is 2.09 bits per heavy atom. The second-order valence-corrected chi connectivity index (χ2v) is 10.7. The van der Waals surface area contributed by atoms with E-state index < -0.39 is 20.0 Å². The van der Waals surface area contributed by atoms with Crippen molar-refractivity contribution in [2.24, 2.45) is 11.1 Å². The molecule has 0 aliphatic carbocycles. The largest absolute Gasteiger partial charge is 0.309 e. The summed E-state index contributed by atoms with van der Waals surface area (Å²) < 4.78 is 49.9. The molecule has 0 bridgehead atoms. The first-order valence-corrected chi connectivity index (χ1v) is 10.8. The molecule has 2 rings (SSSR count). The van der Waals surface area contributed by atoms with Crippen LogP contribution in [0.3, 0.4) is 0 Å². The molecule has 0 saturated heterocycles. The molecule has 0 unspecified atom stereocenters. The third-order valence-corrected chi connectivity index (χ3v) is 8.27. The lowest BCUT2D eigenvalue weighted by atomic mass is 10.1. The maximum atomic E-state index is 12.7. The molecule has 1 aliphatic heterocycles. The maximum Gasteiger partial charge on any atom is 0.253 e. The standard InChI is InChI=1S/C12H21N3O4S3.ClH/c1-4-14-10-7-15(6-8(2)3)22(18,19)12-9(10)5-11(20-12)21(13,16)17;/h5,8,10,14H,4,6-7H2,1-3H3,(H2,13,16,17);1H/t10-;/m0./s1. The lowest BCUT2D eigenvalue weighted by Crippen LogP contribution is -2.44. The molecule has 0 radical (unpaired) electrons. The zero-order valence-corrected chi connectivity index (χ0v) is 16.4. The van der Waals surface area contributed by atoms with Crippen molar-refractivity contribution in [3.8, 4) is 0 Å². The normalized spacial score (nSPS) is 21.0. The maximum absolute atomic E-state index is 12.7. The van der Waals surface area contributed by atoms with Crippen LogP contribution in [0, 0.1) is 5.92 Å². The summed E-state index contributed by atoms with van der Waals surface area (Å²) >= 11 is 0.727. The highest BCUT2D eigenvalue weighted by atomic mass is 35.5. The topological polar surface area (TPSA) is 110 Å². The number of nitrogens with two attached hydrogens (primary N) is 1. The second-order valence-electron chi connectivity index (χ2n) is 5.68. The first kappa shape index (κ1) is 20.8. The number of fused-ring (bicyclic) bond motifs is 1. The van der Waals surface area contributed by atoms with Gasteiger partial charge in [0.15, 0.2) is 0 Å². The molecule has 0 amide bonds. The predicted molar refractivity (Wildman–Crippen MR) is 93.0 cm³/mol. The summed E-state index contributed by atoms with van der Waals surface area (Å²) in [7, 11) is -7.59. The molecule has 1 atom stereocenters. The Morgan fingerprint density at radius 1 is 1.48 bits per heavy atom. The molecular formula is C12H22ClN3O4S3. The third kappa shape index (κ3) is 4.25. The summed E-state index contributed by atoms with van der Waals surface area (Å²) in [6, 6.07) is 1.15. The van der Waals surface area contributed by atoms with Gasteiger partial charge in [-0.1, -0.05) is 20.8 Å². The average molecular weight is 404 g/mol. The smallest absolute Gasteiger partial charge is 0.253 e. The number of thiophene rings is 1. The molecule has 23 heavy (non-hydrogen) atoms. The van der Waals surface area contributed by atoms with Crippen molar-refractivity contribution >= 4 is 43.8 Å². The number of nitrogens with zero attached hydrogens (tertiary/aromatic N) is 1. The lowest BCUT2D eigenvalue weighted by Gasteiger charge is -2.33. The number of likely N-dealkylation sites (N-methyl/N-ethyl adjacent to an activating group) is 1. The van der Waals surface area contributed by atoms with Crippen molar-refractivity contribution in [1.29, 1.82) is 0 Å². The number of hydrogen-bond donors (Lipinski definition) is 2. The lowest BCUT2D eigenvalue weighted by molar-refractivity contribution is 0.316. The Bertz CT molecular complexity index is 759. The van der Waals surface area contributed by atoms with Gasteiger partial charge in [0.25, 0.3) is 10.0 Å². The summed E-state index contributed by atoms with van der Waals surface area (Å²) in [5.74, 6) is 0.177. The van der Waals surface area contributed by atoms with E-state index >= 15 is 0 Å². The number of rotatable bonds is 5. The molecule has 0 aromatic carbocycles. The molecule has 134 valence electrons. The van der Waals surface area contributed by atoms with Gasteiger partial charge in [-0.2, -0.15) is 4.31 Å². The van der Waals surface area contributed by atoms with Crippen LogP contribution in [0.15, 0.2) is 14.5 Å². The Labute approximate surface area is 147 Å². The van der Waals surface area contributed by atoms with E-state index in [2.05, 4.69) is 5.32 Å². The van der Waals surface area contributed by atoms with E-state index in [1.807, 2.05) is 20.8 Å². The van der Waals surface area contributed by atoms with Crippen LogP contribution in [0.1, 0.15) is 32.4 Å². The van der Waals surface area contributed by atoms with Gasteiger partial charge < -0.3 is 5.32 Å². The van der Waals surface area contributed by atoms with Crippen molar-refractivity contribution in [2.45, 2.75) is 35.2 Å². The van der Waals surface area contributed by atoms with Gasteiger partial charge in [-0.3, -0.25) is 0 Å². The summed E-state index contributed by atoms with van der Waals surface area (Å²) in [5, 5.41) is 8.36. The van der Waals surface area contributed by atoms with Crippen molar-refractivity contribution in [3.05, 3.63) is 11.6 Å². The van der Waals surface area contributed by atoms with Crippen LogP contribution in [-0.2, 0) is 20.0 Å². The zero-order valence-electron chi connectivity index (χ0n) is 13.1. The summed E-state index contributed by atoms with van der Waals surface area (Å²) in [6.45, 7) is 7.14. The SMILES string of the molecule is CCN[C@H]1CN(CC(C)C)S(=O)(=O)c2sc(S(N)(=O)=O)cc21.Cl. The second kappa shape index (κ2) is 7.34. The molecule has 0 fully saturated rings. The summed E-state index contributed by atoms with van der Waals surface area (Å²) in [6.07, 6.45) is 0. The van der Waals surface area contributed by atoms with Gasteiger partial charge in [-0.15, -0.1) is 23.7 Å². The molecular weight excluding hydrogens is 382 g/mol. The Kier molecular flexibility index (Phi) is 6.64. The minimum absolute atomic E-state index is 0.